The second-order valence-corrected chi connectivity index (χ2v) is 4.53. The van der Waals surface area contributed by atoms with Gasteiger partial charge in [-0.25, -0.2) is 0 Å². The number of carbonyl (C=O) groups excluding carboxylic acids is 1. The lowest BCUT2D eigenvalue weighted by Crippen LogP contribution is -2.27. The van der Waals surface area contributed by atoms with Gasteiger partial charge in [0.1, 0.15) is 6.54 Å². The average Bonchev–Trinajstić information content (AvgIpc) is 2.85. The highest BCUT2D eigenvalue weighted by atomic mass is 79.9. The van der Waals surface area contributed by atoms with Crippen LogP contribution in [0.1, 0.15) is 5.69 Å². The van der Waals surface area contributed by atoms with Crippen LogP contribution in [0.15, 0.2) is 29.1 Å². The summed E-state index contributed by atoms with van der Waals surface area (Å²) in [6.07, 6.45) is 5.23. The van der Waals surface area contributed by atoms with Crippen molar-refractivity contribution in [3.05, 3.63) is 34.8 Å². The second kappa shape index (κ2) is 5.13. The Kier molecular flexibility index (Phi) is 3.58. The van der Waals surface area contributed by atoms with Crippen molar-refractivity contribution in [2.24, 2.45) is 7.05 Å². The van der Waals surface area contributed by atoms with Crippen molar-refractivity contribution >= 4 is 21.8 Å². The quantitative estimate of drug-likeness (QED) is 0.903. The first-order chi connectivity index (χ1) is 8.13. The molecule has 2 rings (SSSR count). The highest BCUT2D eigenvalue weighted by molar-refractivity contribution is 9.10. The molecule has 0 bridgehead atoms. The number of nitrogens with zero attached hydrogens (tertiary/aromatic N) is 4. The summed E-state index contributed by atoms with van der Waals surface area (Å²) in [6.45, 7) is 0.639. The van der Waals surface area contributed by atoms with Gasteiger partial charge in [0, 0.05) is 19.4 Å². The van der Waals surface area contributed by atoms with Crippen LogP contribution in [0.3, 0.4) is 0 Å². The van der Waals surface area contributed by atoms with E-state index in [9.17, 15) is 4.79 Å². The molecule has 2 aromatic heterocycles. The maximum Gasteiger partial charge on any atom is 0.242 e. The molecule has 0 aliphatic rings. The minimum Gasteiger partial charge on any atom is -0.349 e. The number of rotatable bonds is 4. The standard InChI is InChI=1S/C10H12BrN5O/c1-15-3-2-9(14-15)5-12-10(17)7-16-6-8(11)4-13-16/h2-4,6H,5,7H2,1H3,(H,12,17). The number of amides is 1. The van der Waals surface area contributed by atoms with Crippen molar-refractivity contribution in [2.45, 2.75) is 13.1 Å². The SMILES string of the molecule is Cn1ccc(CNC(=O)Cn2cc(Br)cn2)n1. The smallest absolute Gasteiger partial charge is 0.242 e. The lowest BCUT2D eigenvalue weighted by molar-refractivity contribution is -0.122. The van der Waals surface area contributed by atoms with Gasteiger partial charge in [-0.05, 0) is 22.0 Å². The molecule has 2 heterocycles. The van der Waals surface area contributed by atoms with Crippen LogP contribution in [-0.2, 0) is 24.9 Å². The summed E-state index contributed by atoms with van der Waals surface area (Å²) in [5, 5.41) is 10.9. The highest BCUT2D eigenvalue weighted by Gasteiger charge is 2.04. The highest BCUT2D eigenvalue weighted by Crippen LogP contribution is 2.05. The van der Waals surface area contributed by atoms with Crippen molar-refractivity contribution < 1.29 is 4.79 Å². The van der Waals surface area contributed by atoms with Crippen LogP contribution in [0, 0.1) is 0 Å². The Morgan fingerprint density at radius 1 is 1.59 bits per heavy atom. The van der Waals surface area contributed by atoms with Crippen molar-refractivity contribution in [2.75, 3.05) is 0 Å². The normalized spacial score (nSPS) is 10.5. The van der Waals surface area contributed by atoms with Gasteiger partial charge in [-0.3, -0.25) is 14.2 Å². The molecule has 0 fully saturated rings. The molecule has 0 spiro atoms. The third kappa shape index (κ3) is 3.42. The molecule has 0 aliphatic carbocycles. The zero-order valence-electron chi connectivity index (χ0n) is 9.30. The summed E-state index contributed by atoms with van der Waals surface area (Å²) >= 11 is 3.27. The molecule has 0 aliphatic heterocycles. The van der Waals surface area contributed by atoms with E-state index in [1.54, 1.807) is 21.8 Å². The molecular formula is C10H12BrN5O. The molecule has 2 aromatic rings. The van der Waals surface area contributed by atoms with Gasteiger partial charge in [0.15, 0.2) is 0 Å². The van der Waals surface area contributed by atoms with Crippen molar-refractivity contribution in [3.8, 4) is 0 Å². The van der Waals surface area contributed by atoms with Gasteiger partial charge in [0.25, 0.3) is 0 Å². The Balaban J connectivity index is 1.82. The molecule has 0 unspecified atom stereocenters. The van der Waals surface area contributed by atoms with Crippen LogP contribution in [0.4, 0.5) is 0 Å². The molecule has 0 atom stereocenters. The Hall–Kier alpha value is -1.63. The third-order valence-electron chi connectivity index (χ3n) is 2.14. The first kappa shape index (κ1) is 11.8. The van der Waals surface area contributed by atoms with E-state index < -0.39 is 0 Å². The Morgan fingerprint density at radius 2 is 2.41 bits per heavy atom. The van der Waals surface area contributed by atoms with Gasteiger partial charge < -0.3 is 5.32 Å². The maximum atomic E-state index is 11.6. The fourth-order valence-electron chi connectivity index (χ4n) is 1.37. The molecule has 0 aromatic carbocycles. The van der Waals surface area contributed by atoms with Gasteiger partial charge in [-0.2, -0.15) is 10.2 Å². The Morgan fingerprint density at radius 3 is 3.00 bits per heavy atom. The van der Waals surface area contributed by atoms with Gasteiger partial charge in [0.2, 0.25) is 5.91 Å². The fraction of sp³-hybridized carbons (Fsp3) is 0.300. The van der Waals surface area contributed by atoms with Crippen molar-refractivity contribution in [1.82, 2.24) is 24.9 Å². The monoisotopic (exact) mass is 297 g/mol. The summed E-state index contributed by atoms with van der Waals surface area (Å²) in [7, 11) is 1.84. The van der Waals surface area contributed by atoms with Crippen LogP contribution in [-0.4, -0.2) is 25.5 Å². The minimum absolute atomic E-state index is 0.0914. The Labute approximate surface area is 107 Å². The largest absolute Gasteiger partial charge is 0.349 e. The van der Waals surface area contributed by atoms with Crippen LogP contribution in [0.25, 0.3) is 0 Å². The number of aromatic nitrogens is 4. The Bertz CT molecular complexity index is 518. The van der Waals surface area contributed by atoms with E-state index >= 15 is 0 Å². The number of hydrogen-bond donors (Lipinski definition) is 1. The van der Waals surface area contributed by atoms with E-state index in [1.165, 1.54) is 0 Å². The summed E-state index contributed by atoms with van der Waals surface area (Å²) in [6, 6.07) is 1.87. The minimum atomic E-state index is -0.0914. The van der Waals surface area contributed by atoms with E-state index in [-0.39, 0.29) is 12.5 Å². The van der Waals surface area contributed by atoms with Crippen molar-refractivity contribution in [1.29, 1.82) is 0 Å². The molecule has 0 saturated carbocycles. The van der Waals surface area contributed by atoms with Crippen molar-refractivity contribution in [3.63, 3.8) is 0 Å². The molecule has 0 radical (unpaired) electrons. The lowest BCUT2D eigenvalue weighted by Gasteiger charge is -2.03. The average molecular weight is 298 g/mol. The van der Waals surface area contributed by atoms with Crippen LogP contribution < -0.4 is 5.32 Å². The van der Waals surface area contributed by atoms with E-state index in [0.717, 1.165) is 10.2 Å². The lowest BCUT2D eigenvalue weighted by atomic mass is 10.4. The summed E-state index contributed by atoms with van der Waals surface area (Å²) < 4.78 is 4.12. The number of carbonyl (C=O) groups is 1. The maximum absolute atomic E-state index is 11.6. The number of hydrogen-bond acceptors (Lipinski definition) is 3. The number of halogens is 1. The second-order valence-electron chi connectivity index (χ2n) is 3.61. The summed E-state index contributed by atoms with van der Waals surface area (Å²) in [5.74, 6) is -0.0914. The first-order valence-electron chi connectivity index (χ1n) is 5.06. The molecule has 1 N–H and O–H groups in total. The molecule has 0 saturated heterocycles. The number of aryl methyl sites for hydroxylation is 1. The third-order valence-corrected chi connectivity index (χ3v) is 2.55. The van der Waals surface area contributed by atoms with E-state index in [2.05, 4.69) is 31.4 Å². The molecule has 7 heteroatoms. The van der Waals surface area contributed by atoms with Gasteiger partial charge in [-0.15, -0.1) is 0 Å². The fourth-order valence-corrected chi connectivity index (χ4v) is 1.70. The van der Waals surface area contributed by atoms with Gasteiger partial charge in [-0.1, -0.05) is 0 Å². The topological polar surface area (TPSA) is 64.7 Å². The number of nitrogens with one attached hydrogen (secondary N) is 1. The van der Waals surface area contributed by atoms with Crippen LogP contribution in [0.5, 0.6) is 0 Å². The van der Waals surface area contributed by atoms with E-state index in [1.807, 2.05) is 19.3 Å². The predicted octanol–water partition coefficient (Wildman–Crippen LogP) is 0.695. The predicted molar refractivity (Wildman–Crippen MR) is 65.0 cm³/mol. The van der Waals surface area contributed by atoms with E-state index in [0.29, 0.717) is 6.54 Å². The molecular weight excluding hydrogens is 286 g/mol. The van der Waals surface area contributed by atoms with Crippen LogP contribution in [0.2, 0.25) is 0 Å². The zero-order chi connectivity index (χ0) is 12.3. The molecule has 1 amide bonds. The van der Waals surface area contributed by atoms with Gasteiger partial charge in [0.05, 0.1) is 22.9 Å². The first-order valence-corrected chi connectivity index (χ1v) is 5.86. The van der Waals surface area contributed by atoms with Gasteiger partial charge >= 0.3 is 0 Å². The van der Waals surface area contributed by atoms with Crippen LogP contribution >= 0.6 is 15.9 Å². The molecule has 6 nitrogen and oxygen atoms in total. The summed E-state index contributed by atoms with van der Waals surface area (Å²) in [5.41, 5.74) is 0.836. The van der Waals surface area contributed by atoms with E-state index in [4.69, 9.17) is 0 Å². The zero-order valence-corrected chi connectivity index (χ0v) is 10.9. The summed E-state index contributed by atoms with van der Waals surface area (Å²) in [4.78, 5) is 11.6. The molecule has 90 valence electrons. The molecule has 17 heavy (non-hydrogen) atoms.